The van der Waals surface area contributed by atoms with Crippen molar-refractivity contribution >= 4 is 20.8 Å². The molecule has 0 bridgehead atoms. The molecular weight excluding hydrogens is 350 g/mol. The standard InChI is InChI=1S/C19H25N3O3S/c1-14-12-21(13-15-6-7-15)19(23)16-4-2-5-17(18(14)16)26(24,25)22-10-3-8-20-9-11-22/h2,4-5,12,15,20H,3,6-11,13H2,1H3. The lowest BCUT2D eigenvalue weighted by Gasteiger charge is -2.21. The molecule has 1 aliphatic carbocycles. The molecule has 1 aliphatic heterocycles. The first-order chi connectivity index (χ1) is 12.5. The van der Waals surface area contributed by atoms with E-state index >= 15 is 0 Å². The van der Waals surface area contributed by atoms with Gasteiger partial charge in [-0.2, -0.15) is 4.31 Å². The van der Waals surface area contributed by atoms with Crippen molar-refractivity contribution in [3.05, 3.63) is 40.3 Å². The van der Waals surface area contributed by atoms with E-state index in [4.69, 9.17) is 0 Å². The summed E-state index contributed by atoms with van der Waals surface area (Å²) < 4.78 is 29.8. The van der Waals surface area contributed by atoms with Gasteiger partial charge in [-0.25, -0.2) is 8.42 Å². The Morgan fingerprint density at radius 1 is 1.19 bits per heavy atom. The van der Waals surface area contributed by atoms with E-state index in [2.05, 4.69) is 5.32 Å². The van der Waals surface area contributed by atoms with Crippen molar-refractivity contribution in [1.29, 1.82) is 0 Å². The molecule has 6 nitrogen and oxygen atoms in total. The Morgan fingerprint density at radius 2 is 2.00 bits per heavy atom. The van der Waals surface area contributed by atoms with E-state index < -0.39 is 10.0 Å². The number of nitrogens with one attached hydrogen (secondary N) is 1. The summed E-state index contributed by atoms with van der Waals surface area (Å²) in [5.41, 5.74) is 0.749. The fourth-order valence-electron chi connectivity index (χ4n) is 3.76. The monoisotopic (exact) mass is 375 g/mol. The number of hydrogen-bond donors (Lipinski definition) is 1. The zero-order valence-electron chi connectivity index (χ0n) is 15.1. The molecule has 2 heterocycles. The highest BCUT2D eigenvalue weighted by molar-refractivity contribution is 7.89. The largest absolute Gasteiger partial charge is 0.315 e. The number of fused-ring (bicyclic) bond motifs is 1. The smallest absolute Gasteiger partial charge is 0.258 e. The van der Waals surface area contributed by atoms with Crippen LogP contribution in [0.1, 0.15) is 24.8 Å². The molecule has 2 aliphatic rings. The molecule has 1 N–H and O–H groups in total. The van der Waals surface area contributed by atoms with Crippen molar-refractivity contribution in [1.82, 2.24) is 14.2 Å². The van der Waals surface area contributed by atoms with Gasteiger partial charge in [0.15, 0.2) is 0 Å². The van der Waals surface area contributed by atoms with Gasteiger partial charge in [-0.05, 0) is 56.3 Å². The third-order valence-corrected chi connectivity index (χ3v) is 7.27. The first-order valence-corrected chi connectivity index (χ1v) is 10.8. The number of nitrogens with zero attached hydrogens (tertiary/aromatic N) is 2. The van der Waals surface area contributed by atoms with Crippen LogP contribution in [-0.4, -0.2) is 43.5 Å². The number of rotatable bonds is 4. The molecule has 0 amide bonds. The van der Waals surface area contributed by atoms with Gasteiger partial charge in [-0.3, -0.25) is 4.79 Å². The minimum absolute atomic E-state index is 0.0907. The van der Waals surface area contributed by atoms with Gasteiger partial charge in [-0.1, -0.05) is 6.07 Å². The second-order valence-electron chi connectivity index (χ2n) is 7.40. The van der Waals surface area contributed by atoms with Crippen LogP contribution in [0.15, 0.2) is 34.1 Å². The van der Waals surface area contributed by atoms with E-state index in [1.54, 1.807) is 22.8 Å². The van der Waals surface area contributed by atoms with Crippen molar-refractivity contribution in [3.63, 3.8) is 0 Å². The van der Waals surface area contributed by atoms with E-state index in [-0.39, 0.29) is 10.5 Å². The molecule has 1 aromatic heterocycles. The molecule has 2 fully saturated rings. The van der Waals surface area contributed by atoms with Crippen LogP contribution < -0.4 is 10.9 Å². The first-order valence-electron chi connectivity index (χ1n) is 9.32. The molecule has 1 saturated carbocycles. The van der Waals surface area contributed by atoms with Crippen LogP contribution in [0.4, 0.5) is 0 Å². The molecule has 1 aromatic carbocycles. The maximum Gasteiger partial charge on any atom is 0.258 e. The summed E-state index contributed by atoms with van der Waals surface area (Å²) in [5.74, 6) is 0.584. The Balaban J connectivity index is 1.85. The summed E-state index contributed by atoms with van der Waals surface area (Å²) in [6.45, 7) is 5.06. The Bertz CT molecular complexity index is 985. The Hall–Kier alpha value is -1.70. The minimum Gasteiger partial charge on any atom is -0.315 e. The van der Waals surface area contributed by atoms with Crippen LogP contribution in [0, 0.1) is 12.8 Å². The van der Waals surface area contributed by atoms with E-state index in [9.17, 15) is 13.2 Å². The molecule has 0 atom stereocenters. The molecule has 4 rings (SSSR count). The number of pyridine rings is 1. The average Bonchev–Trinajstić information content (AvgIpc) is 3.45. The van der Waals surface area contributed by atoms with E-state index in [1.807, 2.05) is 13.1 Å². The molecule has 7 heteroatoms. The summed E-state index contributed by atoms with van der Waals surface area (Å²) in [6, 6.07) is 5.07. The molecular formula is C19H25N3O3S. The summed E-state index contributed by atoms with van der Waals surface area (Å²) in [6.07, 6.45) is 4.95. The number of sulfonamides is 1. The fourth-order valence-corrected chi connectivity index (χ4v) is 5.52. The lowest BCUT2D eigenvalue weighted by molar-refractivity contribution is 0.432. The highest BCUT2D eigenvalue weighted by Gasteiger charge is 2.28. The Labute approximate surface area is 153 Å². The van der Waals surface area contributed by atoms with Gasteiger partial charge in [-0.15, -0.1) is 0 Å². The van der Waals surface area contributed by atoms with Crippen LogP contribution in [0.5, 0.6) is 0 Å². The maximum absolute atomic E-state index is 13.3. The van der Waals surface area contributed by atoms with Crippen molar-refractivity contribution in [3.8, 4) is 0 Å². The minimum atomic E-state index is -3.63. The van der Waals surface area contributed by atoms with E-state index in [1.165, 1.54) is 17.1 Å². The first kappa shape index (κ1) is 17.7. The predicted octanol–water partition coefficient (Wildman–Crippen LogP) is 1.70. The van der Waals surface area contributed by atoms with Gasteiger partial charge in [0.25, 0.3) is 5.56 Å². The summed E-state index contributed by atoms with van der Waals surface area (Å²) in [4.78, 5) is 13.2. The quantitative estimate of drug-likeness (QED) is 0.883. The van der Waals surface area contributed by atoms with Crippen molar-refractivity contribution in [2.24, 2.45) is 5.92 Å². The summed E-state index contributed by atoms with van der Waals surface area (Å²) in [5, 5.41) is 4.30. The Kier molecular flexibility index (Phi) is 4.62. The molecule has 26 heavy (non-hydrogen) atoms. The van der Waals surface area contributed by atoms with E-state index in [0.29, 0.717) is 36.3 Å². The second-order valence-corrected chi connectivity index (χ2v) is 9.31. The lowest BCUT2D eigenvalue weighted by atomic mass is 10.1. The van der Waals surface area contributed by atoms with Crippen LogP contribution in [0.3, 0.4) is 0 Å². The third kappa shape index (κ3) is 3.19. The SMILES string of the molecule is Cc1cn(CC2CC2)c(=O)c2cccc(S(=O)(=O)N3CCCNCC3)c12. The number of aromatic nitrogens is 1. The molecule has 0 radical (unpaired) electrons. The van der Waals surface area contributed by atoms with Gasteiger partial charge in [0.05, 0.1) is 4.90 Å². The zero-order chi connectivity index (χ0) is 18.3. The van der Waals surface area contributed by atoms with Crippen LogP contribution in [-0.2, 0) is 16.6 Å². The van der Waals surface area contributed by atoms with Crippen LogP contribution in [0.2, 0.25) is 0 Å². The lowest BCUT2D eigenvalue weighted by Crippen LogP contribution is -2.34. The molecule has 1 saturated heterocycles. The highest BCUT2D eigenvalue weighted by Crippen LogP contribution is 2.31. The fraction of sp³-hybridized carbons (Fsp3) is 0.526. The maximum atomic E-state index is 13.3. The molecule has 2 aromatic rings. The second kappa shape index (κ2) is 6.79. The van der Waals surface area contributed by atoms with Crippen molar-refractivity contribution < 1.29 is 8.42 Å². The van der Waals surface area contributed by atoms with Crippen molar-refractivity contribution in [2.75, 3.05) is 26.2 Å². The normalized spacial score (nSPS) is 19.6. The van der Waals surface area contributed by atoms with Gasteiger partial charge < -0.3 is 9.88 Å². The number of hydrogen-bond acceptors (Lipinski definition) is 4. The summed E-state index contributed by atoms with van der Waals surface area (Å²) >= 11 is 0. The number of aryl methyl sites for hydroxylation is 1. The van der Waals surface area contributed by atoms with Crippen LogP contribution in [0.25, 0.3) is 10.8 Å². The van der Waals surface area contributed by atoms with Gasteiger partial charge in [0.2, 0.25) is 10.0 Å². The van der Waals surface area contributed by atoms with E-state index in [0.717, 1.165) is 25.1 Å². The van der Waals surface area contributed by atoms with Gasteiger partial charge >= 0.3 is 0 Å². The zero-order valence-corrected chi connectivity index (χ0v) is 15.9. The molecule has 0 unspecified atom stereocenters. The number of benzene rings is 1. The molecule has 0 spiro atoms. The Morgan fingerprint density at radius 3 is 2.77 bits per heavy atom. The van der Waals surface area contributed by atoms with Gasteiger partial charge in [0.1, 0.15) is 0 Å². The van der Waals surface area contributed by atoms with Gasteiger partial charge in [0, 0.05) is 43.1 Å². The predicted molar refractivity (Wildman–Crippen MR) is 102 cm³/mol. The topological polar surface area (TPSA) is 71.4 Å². The average molecular weight is 375 g/mol. The highest BCUT2D eigenvalue weighted by atomic mass is 32.2. The van der Waals surface area contributed by atoms with Crippen LogP contribution >= 0.6 is 0 Å². The van der Waals surface area contributed by atoms with Crippen molar-refractivity contribution in [2.45, 2.75) is 37.6 Å². The third-order valence-electron chi connectivity index (χ3n) is 5.33. The molecule has 140 valence electrons. The summed E-state index contributed by atoms with van der Waals surface area (Å²) in [7, 11) is -3.63.